The molecule has 2 N–H and O–H groups in total. The zero-order chi connectivity index (χ0) is 26.5. The standard InChI is InChI=1S/C27H29ClFN5O3/c1-16-6-4-10-34(15-16)11-5-7-25(36)31-23-13-19-22(14-24(23)37-3)32-33-26(17(2)35)27(19)30-18-8-9-20(28)21(29)12-18/h5,7-9,12-14,16H,4,6,10-11,15H2,1-3H3,(H,30,32)(H,31,36)/b7-5+. The van der Waals surface area contributed by atoms with Gasteiger partial charge in [-0.05, 0) is 49.6 Å². The smallest absolute Gasteiger partial charge is 0.248 e. The summed E-state index contributed by atoms with van der Waals surface area (Å²) in [5.74, 6) is -0.211. The Kier molecular flexibility index (Phi) is 8.35. The van der Waals surface area contributed by atoms with Gasteiger partial charge in [0.05, 0.1) is 29.0 Å². The summed E-state index contributed by atoms with van der Waals surface area (Å²) in [5, 5.41) is 14.6. The van der Waals surface area contributed by atoms with Crippen LogP contribution in [0.5, 0.6) is 5.75 Å². The van der Waals surface area contributed by atoms with Gasteiger partial charge in [-0.15, -0.1) is 10.2 Å². The summed E-state index contributed by atoms with van der Waals surface area (Å²) in [6.45, 7) is 6.36. The highest BCUT2D eigenvalue weighted by Crippen LogP contribution is 2.36. The first-order valence-corrected chi connectivity index (χ1v) is 12.4. The van der Waals surface area contributed by atoms with Gasteiger partial charge in [0.1, 0.15) is 11.6 Å². The van der Waals surface area contributed by atoms with Crippen LogP contribution in [0.15, 0.2) is 42.5 Å². The zero-order valence-corrected chi connectivity index (χ0v) is 21.7. The molecule has 1 fully saturated rings. The number of halogens is 2. The Morgan fingerprint density at radius 1 is 1.27 bits per heavy atom. The van der Waals surface area contributed by atoms with E-state index in [0.29, 0.717) is 46.2 Å². The topological polar surface area (TPSA) is 96.5 Å². The maximum atomic E-state index is 14.1. The molecule has 194 valence electrons. The summed E-state index contributed by atoms with van der Waals surface area (Å²) in [5.41, 5.74) is 1.58. The first kappa shape index (κ1) is 26.5. The van der Waals surface area contributed by atoms with E-state index in [9.17, 15) is 14.0 Å². The lowest BCUT2D eigenvalue weighted by atomic mass is 10.0. The lowest BCUT2D eigenvalue weighted by Gasteiger charge is -2.29. The summed E-state index contributed by atoms with van der Waals surface area (Å²) in [7, 11) is 1.48. The number of piperidine rings is 1. The van der Waals surface area contributed by atoms with Crippen molar-refractivity contribution in [3.8, 4) is 5.75 Å². The fourth-order valence-corrected chi connectivity index (χ4v) is 4.54. The summed E-state index contributed by atoms with van der Waals surface area (Å²) in [6.07, 6.45) is 5.76. The zero-order valence-electron chi connectivity index (χ0n) is 21.0. The van der Waals surface area contributed by atoms with Gasteiger partial charge in [-0.3, -0.25) is 14.5 Å². The van der Waals surface area contributed by atoms with E-state index in [1.54, 1.807) is 18.2 Å². The number of nitrogens with one attached hydrogen (secondary N) is 2. The van der Waals surface area contributed by atoms with E-state index < -0.39 is 5.82 Å². The van der Waals surface area contributed by atoms with Crippen LogP contribution in [0.4, 0.5) is 21.5 Å². The number of likely N-dealkylation sites (tertiary alicyclic amines) is 1. The highest BCUT2D eigenvalue weighted by molar-refractivity contribution is 6.30. The van der Waals surface area contributed by atoms with Gasteiger partial charge >= 0.3 is 0 Å². The van der Waals surface area contributed by atoms with Gasteiger partial charge in [0.25, 0.3) is 0 Å². The van der Waals surface area contributed by atoms with Crippen LogP contribution in [0.1, 0.15) is 37.2 Å². The van der Waals surface area contributed by atoms with Crippen LogP contribution in [-0.2, 0) is 4.79 Å². The molecule has 0 radical (unpaired) electrons. The molecule has 0 spiro atoms. The van der Waals surface area contributed by atoms with E-state index in [1.807, 2.05) is 6.08 Å². The van der Waals surface area contributed by atoms with Crippen molar-refractivity contribution in [2.75, 3.05) is 37.4 Å². The number of rotatable bonds is 8. The Morgan fingerprint density at radius 3 is 2.78 bits per heavy atom. The molecule has 3 aromatic rings. The van der Waals surface area contributed by atoms with Crippen molar-refractivity contribution in [2.24, 2.45) is 5.92 Å². The Balaban J connectivity index is 1.64. The number of amides is 1. The molecule has 8 nitrogen and oxygen atoms in total. The lowest BCUT2D eigenvalue weighted by Crippen LogP contribution is -2.34. The van der Waals surface area contributed by atoms with E-state index in [4.69, 9.17) is 16.3 Å². The van der Waals surface area contributed by atoms with Crippen molar-refractivity contribution in [1.29, 1.82) is 0 Å². The second-order valence-corrected chi connectivity index (χ2v) is 9.61. The van der Waals surface area contributed by atoms with Gasteiger partial charge in [0.2, 0.25) is 5.91 Å². The number of aromatic nitrogens is 2. The summed E-state index contributed by atoms with van der Waals surface area (Å²) >= 11 is 5.81. The maximum absolute atomic E-state index is 14.1. The predicted molar refractivity (Wildman–Crippen MR) is 143 cm³/mol. The molecule has 1 saturated heterocycles. The number of ketones is 1. The molecular weight excluding hydrogens is 497 g/mol. The molecule has 2 aromatic carbocycles. The third-order valence-corrected chi connectivity index (χ3v) is 6.54. The van der Waals surface area contributed by atoms with E-state index in [2.05, 4.69) is 32.7 Å². The number of methoxy groups -OCH3 is 1. The van der Waals surface area contributed by atoms with Gasteiger partial charge in [-0.2, -0.15) is 0 Å². The minimum absolute atomic E-state index is 0.0207. The van der Waals surface area contributed by atoms with Crippen LogP contribution in [0.25, 0.3) is 10.9 Å². The number of carbonyl (C=O) groups excluding carboxylic acids is 2. The third-order valence-electron chi connectivity index (χ3n) is 6.24. The molecule has 0 saturated carbocycles. The number of Topliss-reactive ketones (excluding diaryl/α,β-unsaturated/α-hetero) is 1. The second-order valence-electron chi connectivity index (χ2n) is 9.20. The number of benzene rings is 2. The van der Waals surface area contributed by atoms with Crippen LogP contribution in [0, 0.1) is 11.7 Å². The first-order chi connectivity index (χ1) is 17.7. The quantitative estimate of drug-likeness (QED) is 0.292. The Labute approximate surface area is 219 Å². The molecule has 1 aliphatic heterocycles. The van der Waals surface area contributed by atoms with Crippen LogP contribution in [0.3, 0.4) is 0 Å². The fraction of sp³-hybridized carbons (Fsp3) is 0.333. The van der Waals surface area contributed by atoms with Crippen molar-refractivity contribution >= 4 is 51.3 Å². The van der Waals surface area contributed by atoms with Crippen molar-refractivity contribution in [1.82, 2.24) is 15.1 Å². The fourth-order valence-electron chi connectivity index (χ4n) is 4.43. The number of fused-ring (bicyclic) bond motifs is 1. The van der Waals surface area contributed by atoms with Gasteiger partial charge < -0.3 is 15.4 Å². The predicted octanol–water partition coefficient (Wildman–Crippen LogP) is 5.60. The minimum atomic E-state index is -0.609. The van der Waals surface area contributed by atoms with Crippen LogP contribution < -0.4 is 15.4 Å². The molecule has 10 heteroatoms. The van der Waals surface area contributed by atoms with Crippen LogP contribution >= 0.6 is 11.6 Å². The number of anilines is 3. The van der Waals surface area contributed by atoms with Gasteiger partial charge in [0.15, 0.2) is 11.5 Å². The second kappa shape index (κ2) is 11.7. The number of carbonyl (C=O) groups is 2. The molecule has 0 bridgehead atoms. The maximum Gasteiger partial charge on any atom is 0.248 e. The van der Waals surface area contributed by atoms with Crippen molar-refractivity contribution in [3.63, 3.8) is 0 Å². The number of nitrogens with zero attached hydrogens (tertiary/aromatic N) is 3. The first-order valence-electron chi connectivity index (χ1n) is 12.1. The van der Waals surface area contributed by atoms with Crippen LogP contribution in [0.2, 0.25) is 5.02 Å². The summed E-state index contributed by atoms with van der Waals surface area (Å²) in [4.78, 5) is 27.4. The average molecular weight is 526 g/mol. The van der Waals surface area contributed by atoms with Gasteiger partial charge in [0, 0.05) is 43.2 Å². The molecule has 4 rings (SSSR count). The molecule has 1 atom stereocenters. The molecular formula is C27H29ClFN5O3. The van der Waals surface area contributed by atoms with E-state index in [1.165, 1.54) is 45.1 Å². The largest absolute Gasteiger partial charge is 0.494 e. The number of ether oxygens (including phenoxy) is 1. The summed E-state index contributed by atoms with van der Waals surface area (Å²) < 4.78 is 19.5. The molecule has 0 aliphatic carbocycles. The normalized spacial score (nSPS) is 16.2. The molecule has 37 heavy (non-hydrogen) atoms. The highest BCUT2D eigenvalue weighted by Gasteiger charge is 2.19. The van der Waals surface area contributed by atoms with Crippen LogP contribution in [-0.4, -0.2) is 53.5 Å². The minimum Gasteiger partial charge on any atom is -0.494 e. The van der Waals surface area contributed by atoms with E-state index in [0.717, 1.165) is 13.1 Å². The van der Waals surface area contributed by atoms with E-state index >= 15 is 0 Å². The summed E-state index contributed by atoms with van der Waals surface area (Å²) in [6, 6.07) is 7.49. The van der Waals surface area contributed by atoms with Crippen molar-refractivity contribution in [2.45, 2.75) is 26.7 Å². The van der Waals surface area contributed by atoms with Gasteiger partial charge in [-0.1, -0.05) is 24.6 Å². The molecule has 1 aromatic heterocycles. The average Bonchev–Trinajstić information content (AvgIpc) is 2.86. The number of hydrogen-bond donors (Lipinski definition) is 2. The lowest BCUT2D eigenvalue weighted by molar-refractivity contribution is -0.111. The van der Waals surface area contributed by atoms with Gasteiger partial charge in [-0.25, -0.2) is 4.39 Å². The van der Waals surface area contributed by atoms with Crippen molar-refractivity contribution < 1.29 is 18.7 Å². The Bertz CT molecular complexity index is 1360. The third kappa shape index (κ3) is 6.42. The Morgan fingerprint density at radius 2 is 2.08 bits per heavy atom. The molecule has 1 amide bonds. The highest BCUT2D eigenvalue weighted by atomic mass is 35.5. The molecule has 1 aliphatic rings. The van der Waals surface area contributed by atoms with Crippen molar-refractivity contribution in [3.05, 3.63) is 59.0 Å². The molecule has 2 heterocycles. The SMILES string of the molecule is COc1cc2nnc(C(C)=O)c(Nc3ccc(Cl)c(F)c3)c2cc1NC(=O)/C=C/CN1CCCC(C)C1. The monoisotopic (exact) mass is 525 g/mol. The molecule has 1 unspecified atom stereocenters. The van der Waals surface area contributed by atoms with E-state index in [-0.39, 0.29) is 22.4 Å². The Hall–Kier alpha value is -3.56. The number of hydrogen-bond acceptors (Lipinski definition) is 7.